The topological polar surface area (TPSA) is 40.5 Å². The normalized spacial score (nSPS) is 14.8. The van der Waals surface area contributed by atoms with Crippen molar-refractivity contribution in [2.24, 2.45) is 0 Å². The summed E-state index contributed by atoms with van der Waals surface area (Å²) in [5, 5.41) is 9.88. The fourth-order valence-electron chi connectivity index (χ4n) is 1.56. The van der Waals surface area contributed by atoms with Gasteiger partial charge in [-0.05, 0) is 6.42 Å². The summed E-state index contributed by atoms with van der Waals surface area (Å²) in [6.07, 6.45) is -4.79. The molecule has 1 amide bonds. The number of aliphatic hydroxyl groups is 1. The number of hydrogen-bond donors (Lipinski definition) is 1. The monoisotopic (exact) mass is 295 g/mol. The van der Waals surface area contributed by atoms with Gasteiger partial charge in [-0.2, -0.15) is 13.2 Å². The van der Waals surface area contributed by atoms with Crippen molar-refractivity contribution in [3.63, 3.8) is 0 Å². The first-order valence-corrected chi connectivity index (χ1v) is 5.91. The first-order chi connectivity index (χ1) is 8.75. The molecule has 1 atom stereocenters. The molecule has 1 unspecified atom stereocenters. The maximum absolute atomic E-state index is 13.1. The quantitative estimate of drug-likeness (QED) is 0.868. The maximum atomic E-state index is 13.1. The van der Waals surface area contributed by atoms with Crippen LogP contribution in [-0.4, -0.2) is 28.2 Å². The minimum atomic E-state index is -5.16. The average molecular weight is 296 g/mol. The molecule has 1 aromatic carbocycles. The van der Waals surface area contributed by atoms with Crippen LogP contribution >= 0.6 is 11.8 Å². The van der Waals surface area contributed by atoms with Gasteiger partial charge in [-0.1, -0.05) is 37.3 Å². The highest BCUT2D eigenvalue weighted by Crippen LogP contribution is 2.40. The number of rotatable bonds is 4. The molecule has 0 aliphatic heterocycles. The SMILES string of the molecule is CCCN(Cl)C(=O)C(O)(c1ccccc1)C(F)(F)F. The highest BCUT2D eigenvalue weighted by atomic mass is 35.5. The third-order valence-corrected chi connectivity index (χ3v) is 2.87. The van der Waals surface area contributed by atoms with E-state index in [1.54, 1.807) is 6.92 Å². The van der Waals surface area contributed by atoms with Gasteiger partial charge in [0, 0.05) is 23.9 Å². The van der Waals surface area contributed by atoms with Crippen molar-refractivity contribution in [2.75, 3.05) is 6.54 Å². The van der Waals surface area contributed by atoms with Gasteiger partial charge >= 0.3 is 6.18 Å². The molecule has 0 aliphatic carbocycles. The van der Waals surface area contributed by atoms with Crippen LogP contribution in [0.1, 0.15) is 18.9 Å². The largest absolute Gasteiger partial charge is 0.430 e. The molecule has 1 aromatic rings. The van der Waals surface area contributed by atoms with Crippen LogP contribution in [0.5, 0.6) is 0 Å². The molecule has 0 saturated carbocycles. The fraction of sp³-hybridized carbons (Fsp3) is 0.417. The van der Waals surface area contributed by atoms with E-state index in [9.17, 15) is 23.1 Å². The molecular formula is C12H13ClF3NO2. The standard InChI is InChI=1S/C12H13ClF3NO2/c1-2-8-17(13)10(18)11(19,12(14,15)16)9-6-4-3-5-7-9/h3-7,19H,2,8H2,1H3. The van der Waals surface area contributed by atoms with Gasteiger partial charge < -0.3 is 5.11 Å². The highest BCUT2D eigenvalue weighted by Gasteiger charge is 2.62. The molecule has 19 heavy (non-hydrogen) atoms. The van der Waals surface area contributed by atoms with E-state index in [0.717, 1.165) is 12.1 Å². The maximum Gasteiger partial charge on any atom is 0.430 e. The summed E-state index contributed by atoms with van der Waals surface area (Å²) in [5.41, 5.74) is -4.19. The fourth-order valence-corrected chi connectivity index (χ4v) is 1.85. The molecule has 1 rings (SSSR count). The molecule has 0 heterocycles. The molecule has 0 fully saturated rings. The summed E-state index contributed by atoms with van der Waals surface area (Å²) >= 11 is 5.50. The molecule has 0 aromatic heterocycles. The summed E-state index contributed by atoms with van der Waals surface area (Å²) in [7, 11) is 0. The van der Waals surface area contributed by atoms with Crippen LogP contribution < -0.4 is 0 Å². The van der Waals surface area contributed by atoms with Crippen LogP contribution in [0, 0.1) is 0 Å². The van der Waals surface area contributed by atoms with Crippen molar-refractivity contribution in [3.05, 3.63) is 35.9 Å². The van der Waals surface area contributed by atoms with Crippen molar-refractivity contribution < 1.29 is 23.1 Å². The number of carbonyl (C=O) groups excluding carboxylic acids is 1. The van der Waals surface area contributed by atoms with Crippen LogP contribution in [-0.2, 0) is 10.4 Å². The summed E-state index contributed by atoms with van der Waals surface area (Å²) in [6.45, 7) is 1.56. The van der Waals surface area contributed by atoms with E-state index >= 15 is 0 Å². The molecule has 0 bridgehead atoms. The van der Waals surface area contributed by atoms with E-state index < -0.39 is 23.2 Å². The Labute approximate surface area is 113 Å². The number of benzene rings is 1. The molecule has 0 saturated heterocycles. The minimum Gasteiger partial charge on any atom is -0.368 e. The van der Waals surface area contributed by atoms with Crippen molar-refractivity contribution >= 4 is 17.7 Å². The number of nitrogens with zero attached hydrogens (tertiary/aromatic N) is 1. The van der Waals surface area contributed by atoms with Crippen molar-refractivity contribution in [3.8, 4) is 0 Å². The van der Waals surface area contributed by atoms with Crippen molar-refractivity contribution in [1.29, 1.82) is 0 Å². The molecule has 0 radical (unpaired) electrons. The molecular weight excluding hydrogens is 283 g/mol. The van der Waals surface area contributed by atoms with E-state index in [0.29, 0.717) is 10.8 Å². The number of halogens is 4. The smallest absolute Gasteiger partial charge is 0.368 e. The third-order valence-electron chi connectivity index (χ3n) is 2.55. The molecule has 1 N–H and O–H groups in total. The Balaban J connectivity index is 3.26. The molecule has 7 heteroatoms. The first-order valence-electron chi connectivity index (χ1n) is 5.57. The Hall–Kier alpha value is -1.27. The van der Waals surface area contributed by atoms with Crippen LogP contribution in [0.3, 0.4) is 0 Å². The second kappa shape index (κ2) is 5.79. The summed E-state index contributed by atoms with van der Waals surface area (Å²) in [5.74, 6) is -1.60. The third kappa shape index (κ3) is 3.01. The molecule has 106 valence electrons. The second-order valence-electron chi connectivity index (χ2n) is 3.97. The molecule has 3 nitrogen and oxygen atoms in total. The van der Waals surface area contributed by atoms with Gasteiger partial charge in [-0.3, -0.25) is 9.21 Å². The van der Waals surface area contributed by atoms with Crippen LogP contribution in [0.4, 0.5) is 13.2 Å². The van der Waals surface area contributed by atoms with Crippen LogP contribution in [0.25, 0.3) is 0 Å². The zero-order chi connectivity index (χ0) is 14.7. The number of hydrogen-bond acceptors (Lipinski definition) is 2. The van der Waals surface area contributed by atoms with E-state index in [1.165, 1.54) is 18.2 Å². The van der Waals surface area contributed by atoms with Gasteiger partial charge in [0.1, 0.15) is 0 Å². The Morgan fingerprint density at radius 3 is 2.26 bits per heavy atom. The Morgan fingerprint density at radius 2 is 1.84 bits per heavy atom. The van der Waals surface area contributed by atoms with Gasteiger partial charge in [-0.15, -0.1) is 0 Å². The van der Waals surface area contributed by atoms with Crippen LogP contribution in [0.15, 0.2) is 30.3 Å². The van der Waals surface area contributed by atoms with Gasteiger partial charge in [0.2, 0.25) is 0 Å². The van der Waals surface area contributed by atoms with Gasteiger partial charge in [0.05, 0.1) is 0 Å². The minimum absolute atomic E-state index is 0.0917. The lowest BCUT2D eigenvalue weighted by Crippen LogP contribution is -2.53. The van der Waals surface area contributed by atoms with Gasteiger partial charge in [-0.25, -0.2) is 0 Å². The van der Waals surface area contributed by atoms with E-state index in [2.05, 4.69) is 0 Å². The second-order valence-corrected chi connectivity index (χ2v) is 4.37. The van der Waals surface area contributed by atoms with Crippen LogP contribution in [0.2, 0.25) is 0 Å². The highest BCUT2D eigenvalue weighted by molar-refractivity contribution is 6.22. The van der Waals surface area contributed by atoms with Crippen molar-refractivity contribution in [2.45, 2.75) is 25.1 Å². The predicted octanol–water partition coefficient (Wildman–Crippen LogP) is 2.83. The van der Waals surface area contributed by atoms with E-state index in [-0.39, 0.29) is 6.54 Å². The lowest BCUT2D eigenvalue weighted by atomic mass is 9.92. The zero-order valence-electron chi connectivity index (χ0n) is 10.1. The Kier molecular flexibility index (Phi) is 4.81. The molecule has 0 aliphatic rings. The Morgan fingerprint density at radius 1 is 1.32 bits per heavy atom. The summed E-state index contributed by atoms with van der Waals surface area (Å²) < 4.78 is 39.6. The van der Waals surface area contributed by atoms with Crippen molar-refractivity contribution in [1.82, 2.24) is 4.42 Å². The van der Waals surface area contributed by atoms with Gasteiger partial charge in [0.25, 0.3) is 11.5 Å². The number of carbonyl (C=O) groups is 1. The van der Waals surface area contributed by atoms with Gasteiger partial charge in [0.15, 0.2) is 0 Å². The molecule has 0 spiro atoms. The predicted molar refractivity (Wildman–Crippen MR) is 64.3 cm³/mol. The Bertz CT molecular complexity index is 438. The number of amides is 1. The summed E-state index contributed by atoms with van der Waals surface area (Å²) in [4.78, 5) is 11.8. The summed E-state index contributed by atoms with van der Waals surface area (Å²) in [6, 6.07) is 6.15. The lowest BCUT2D eigenvalue weighted by Gasteiger charge is -2.31. The van der Waals surface area contributed by atoms with E-state index in [4.69, 9.17) is 11.8 Å². The number of alkyl halides is 3. The lowest BCUT2D eigenvalue weighted by molar-refractivity contribution is -0.259. The first kappa shape index (κ1) is 15.8. The zero-order valence-corrected chi connectivity index (χ0v) is 10.9. The van der Waals surface area contributed by atoms with E-state index in [1.807, 2.05) is 0 Å². The average Bonchev–Trinajstić information content (AvgIpc) is 2.37.